The van der Waals surface area contributed by atoms with E-state index in [9.17, 15) is 9.59 Å². The lowest BCUT2D eigenvalue weighted by Crippen LogP contribution is -2.27. The third-order valence-corrected chi connectivity index (χ3v) is 6.43. The maximum absolute atomic E-state index is 13.3. The summed E-state index contributed by atoms with van der Waals surface area (Å²) >= 11 is 0. The summed E-state index contributed by atoms with van der Waals surface area (Å²) in [6.45, 7) is 2.53. The van der Waals surface area contributed by atoms with Gasteiger partial charge in [0.25, 0.3) is 5.91 Å². The van der Waals surface area contributed by atoms with Gasteiger partial charge in [0.2, 0.25) is 0 Å². The van der Waals surface area contributed by atoms with Gasteiger partial charge < -0.3 is 15.0 Å². The molecule has 36 heavy (non-hydrogen) atoms. The number of carboxylic acid groups (broad SMARTS) is 1. The molecule has 1 aromatic heterocycles. The van der Waals surface area contributed by atoms with Gasteiger partial charge in [-0.3, -0.25) is 4.79 Å². The van der Waals surface area contributed by atoms with Crippen molar-refractivity contribution in [3.8, 4) is 11.1 Å². The summed E-state index contributed by atoms with van der Waals surface area (Å²) in [6, 6.07) is 32.8. The van der Waals surface area contributed by atoms with E-state index in [4.69, 9.17) is 5.11 Å². The Morgan fingerprint density at radius 2 is 1.56 bits per heavy atom. The zero-order valence-electron chi connectivity index (χ0n) is 19.9. The SMILES string of the molecule is C[C@H](NC(=O)c1cccc2ccn(Cc3cccc(-c4ccccc4)c3)c12)c1ccc(C(=O)O)cc1. The molecule has 0 radical (unpaired) electrons. The van der Waals surface area contributed by atoms with E-state index in [2.05, 4.69) is 46.3 Å². The van der Waals surface area contributed by atoms with Crippen molar-refractivity contribution in [2.45, 2.75) is 19.5 Å². The number of carboxylic acids is 1. The number of amides is 1. The highest BCUT2D eigenvalue weighted by atomic mass is 16.4. The third kappa shape index (κ3) is 4.77. The van der Waals surface area contributed by atoms with Crippen LogP contribution in [0.1, 0.15) is 44.8 Å². The Bertz CT molecular complexity index is 1540. The molecule has 0 aliphatic heterocycles. The Kier molecular flexibility index (Phi) is 6.37. The summed E-state index contributed by atoms with van der Waals surface area (Å²) in [7, 11) is 0. The number of rotatable bonds is 7. The predicted molar refractivity (Wildman–Crippen MR) is 142 cm³/mol. The Morgan fingerprint density at radius 3 is 2.31 bits per heavy atom. The van der Waals surface area contributed by atoms with Gasteiger partial charge in [0, 0.05) is 18.1 Å². The third-order valence-electron chi connectivity index (χ3n) is 6.43. The molecule has 5 aromatic rings. The molecule has 0 spiro atoms. The minimum Gasteiger partial charge on any atom is -0.478 e. The van der Waals surface area contributed by atoms with E-state index in [0.717, 1.165) is 27.6 Å². The molecule has 0 fully saturated rings. The minimum atomic E-state index is -0.972. The molecule has 0 unspecified atom stereocenters. The molecule has 0 aliphatic carbocycles. The average Bonchev–Trinajstić information content (AvgIpc) is 3.32. The van der Waals surface area contributed by atoms with Gasteiger partial charge in [-0.1, -0.05) is 72.8 Å². The molecule has 2 N–H and O–H groups in total. The van der Waals surface area contributed by atoms with Crippen molar-refractivity contribution >= 4 is 22.8 Å². The molecule has 1 heterocycles. The van der Waals surface area contributed by atoms with E-state index < -0.39 is 5.97 Å². The standard InChI is InChI=1S/C31H26N2O3/c1-21(23-13-15-26(16-14-23)31(35)36)32-30(34)28-12-6-10-25-17-18-33(29(25)28)20-22-7-5-11-27(19-22)24-8-3-2-4-9-24/h2-19,21H,20H2,1H3,(H,32,34)(H,35,36)/t21-/m0/s1. The van der Waals surface area contributed by atoms with E-state index in [-0.39, 0.29) is 17.5 Å². The second kappa shape index (κ2) is 9.92. The van der Waals surface area contributed by atoms with Crippen molar-refractivity contribution < 1.29 is 14.7 Å². The molecule has 0 bridgehead atoms. The number of hydrogen-bond donors (Lipinski definition) is 2. The van der Waals surface area contributed by atoms with Crippen LogP contribution < -0.4 is 5.32 Å². The zero-order chi connectivity index (χ0) is 25.1. The van der Waals surface area contributed by atoms with Gasteiger partial charge >= 0.3 is 5.97 Å². The van der Waals surface area contributed by atoms with Gasteiger partial charge in [-0.05, 0) is 59.5 Å². The van der Waals surface area contributed by atoms with E-state index >= 15 is 0 Å². The summed E-state index contributed by atoms with van der Waals surface area (Å²) in [4.78, 5) is 24.5. The lowest BCUT2D eigenvalue weighted by Gasteiger charge is -2.16. The van der Waals surface area contributed by atoms with Crippen LogP contribution in [-0.2, 0) is 6.54 Å². The van der Waals surface area contributed by atoms with Crippen molar-refractivity contribution in [2.75, 3.05) is 0 Å². The first-order valence-corrected chi connectivity index (χ1v) is 11.9. The van der Waals surface area contributed by atoms with Gasteiger partial charge in [0.05, 0.1) is 22.7 Å². The fourth-order valence-corrected chi connectivity index (χ4v) is 4.52. The molecular weight excluding hydrogens is 448 g/mol. The van der Waals surface area contributed by atoms with Crippen LogP contribution in [0.2, 0.25) is 0 Å². The summed E-state index contributed by atoms with van der Waals surface area (Å²) in [6.07, 6.45) is 2.02. The molecule has 1 atom stereocenters. The topological polar surface area (TPSA) is 71.3 Å². The fourth-order valence-electron chi connectivity index (χ4n) is 4.52. The largest absolute Gasteiger partial charge is 0.478 e. The van der Waals surface area contributed by atoms with Gasteiger partial charge in [-0.25, -0.2) is 4.79 Å². The van der Waals surface area contributed by atoms with Crippen LogP contribution in [0.4, 0.5) is 0 Å². The van der Waals surface area contributed by atoms with E-state index in [1.54, 1.807) is 24.3 Å². The van der Waals surface area contributed by atoms with Crippen molar-refractivity contribution in [1.29, 1.82) is 0 Å². The number of aromatic carboxylic acids is 1. The van der Waals surface area contributed by atoms with Crippen LogP contribution in [0.25, 0.3) is 22.0 Å². The first-order chi connectivity index (χ1) is 17.5. The number of carbonyl (C=O) groups is 2. The molecule has 178 valence electrons. The highest BCUT2D eigenvalue weighted by molar-refractivity contribution is 6.06. The second-order valence-electron chi connectivity index (χ2n) is 8.88. The molecular formula is C31H26N2O3. The lowest BCUT2D eigenvalue weighted by molar-refractivity contribution is 0.0696. The van der Waals surface area contributed by atoms with E-state index in [1.165, 1.54) is 5.56 Å². The highest BCUT2D eigenvalue weighted by Gasteiger charge is 2.17. The minimum absolute atomic E-state index is 0.173. The average molecular weight is 475 g/mol. The first kappa shape index (κ1) is 23.1. The number of nitrogens with one attached hydrogen (secondary N) is 1. The fraction of sp³-hybridized carbons (Fsp3) is 0.0968. The van der Waals surface area contributed by atoms with Gasteiger partial charge in [0.15, 0.2) is 0 Å². The van der Waals surface area contributed by atoms with Crippen molar-refractivity contribution in [1.82, 2.24) is 9.88 Å². The molecule has 0 aliphatic rings. The van der Waals surface area contributed by atoms with Gasteiger partial charge in [0.1, 0.15) is 0 Å². The van der Waals surface area contributed by atoms with Crippen molar-refractivity contribution in [3.63, 3.8) is 0 Å². The number of nitrogens with zero attached hydrogens (tertiary/aromatic N) is 1. The summed E-state index contributed by atoms with van der Waals surface area (Å²) < 4.78 is 2.11. The van der Waals surface area contributed by atoms with E-state index in [0.29, 0.717) is 12.1 Å². The Morgan fingerprint density at radius 1 is 0.833 bits per heavy atom. The molecule has 0 saturated heterocycles. The molecule has 5 nitrogen and oxygen atoms in total. The summed E-state index contributed by atoms with van der Waals surface area (Å²) in [5.41, 5.74) is 6.02. The Hall–Kier alpha value is -4.64. The van der Waals surface area contributed by atoms with Crippen molar-refractivity contribution in [3.05, 3.63) is 132 Å². The van der Waals surface area contributed by atoms with Crippen LogP contribution in [0.15, 0.2) is 109 Å². The quantitative estimate of drug-likeness (QED) is 0.281. The van der Waals surface area contributed by atoms with Crippen LogP contribution in [0.5, 0.6) is 0 Å². The molecule has 4 aromatic carbocycles. The lowest BCUT2D eigenvalue weighted by atomic mass is 10.0. The maximum atomic E-state index is 13.3. The Balaban J connectivity index is 1.41. The maximum Gasteiger partial charge on any atom is 0.335 e. The Labute approximate surface area is 209 Å². The molecule has 1 amide bonds. The second-order valence-corrected chi connectivity index (χ2v) is 8.88. The monoisotopic (exact) mass is 474 g/mol. The van der Waals surface area contributed by atoms with Gasteiger partial charge in [-0.2, -0.15) is 0 Å². The smallest absolute Gasteiger partial charge is 0.335 e. The molecule has 0 saturated carbocycles. The number of aromatic nitrogens is 1. The number of hydrogen-bond acceptors (Lipinski definition) is 2. The number of carbonyl (C=O) groups excluding carboxylic acids is 1. The predicted octanol–water partition coefficient (Wildman–Crippen LogP) is 6.55. The van der Waals surface area contributed by atoms with Crippen LogP contribution in [0, 0.1) is 0 Å². The van der Waals surface area contributed by atoms with Crippen LogP contribution in [-0.4, -0.2) is 21.6 Å². The van der Waals surface area contributed by atoms with E-state index in [1.807, 2.05) is 55.6 Å². The molecule has 5 rings (SSSR count). The highest BCUT2D eigenvalue weighted by Crippen LogP contribution is 2.25. The summed E-state index contributed by atoms with van der Waals surface area (Å²) in [5.74, 6) is -1.15. The van der Waals surface area contributed by atoms with Gasteiger partial charge in [-0.15, -0.1) is 0 Å². The molecule has 5 heteroatoms. The van der Waals surface area contributed by atoms with Crippen molar-refractivity contribution in [2.24, 2.45) is 0 Å². The van der Waals surface area contributed by atoms with Crippen LogP contribution >= 0.6 is 0 Å². The zero-order valence-corrected chi connectivity index (χ0v) is 19.9. The first-order valence-electron chi connectivity index (χ1n) is 11.9. The number of benzene rings is 4. The number of fused-ring (bicyclic) bond motifs is 1. The normalized spacial score (nSPS) is 11.8. The number of para-hydroxylation sites is 1. The summed E-state index contributed by atoms with van der Waals surface area (Å²) in [5, 5.41) is 13.2. The van der Waals surface area contributed by atoms with Crippen LogP contribution in [0.3, 0.4) is 0 Å².